The fraction of sp³-hybridized carbons (Fsp3) is 0.556. The number of aliphatic hydroxyl groups is 1. The molecular weight excluding hydrogens is 246 g/mol. The number of fused-ring (bicyclic) bond motifs is 1. The highest BCUT2D eigenvalue weighted by atomic mass is 16.3. The van der Waals surface area contributed by atoms with E-state index >= 15 is 0 Å². The van der Waals surface area contributed by atoms with Crippen LogP contribution in [-0.2, 0) is 0 Å². The van der Waals surface area contributed by atoms with Gasteiger partial charge in [0.05, 0.1) is 6.10 Å². The minimum absolute atomic E-state index is 0.389. The van der Waals surface area contributed by atoms with Gasteiger partial charge in [0, 0.05) is 13.1 Å². The molecule has 4 bridgehead atoms. The van der Waals surface area contributed by atoms with Gasteiger partial charge in [-0.25, -0.2) is 0 Å². The summed E-state index contributed by atoms with van der Waals surface area (Å²) in [7, 11) is 0. The van der Waals surface area contributed by atoms with Gasteiger partial charge in [0.1, 0.15) is 0 Å². The van der Waals surface area contributed by atoms with Crippen LogP contribution in [0.2, 0.25) is 0 Å². The van der Waals surface area contributed by atoms with Crippen molar-refractivity contribution in [2.24, 2.45) is 17.3 Å². The SMILES string of the molecule is O[C@H](CNCC12CC=C3C(CC3C1)C2)c1ccccc1. The predicted molar refractivity (Wildman–Crippen MR) is 80.2 cm³/mol. The van der Waals surface area contributed by atoms with Gasteiger partial charge < -0.3 is 10.4 Å². The first kappa shape index (κ1) is 12.6. The summed E-state index contributed by atoms with van der Waals surface area (Å²) in [5, 5.41) is 13.7. The van der Waals surface area contributed by atoms with E-state index in [-0.39, 0.29) is 6.10 Å². The molecule has 20 heavy (non-hydrogen) atoms. The minimum Gasteiger partial charge on any atom is -0.387 e. The van der Waals surface area contributed by atoms with E-state index in [1.54, 1.807) is 5.57 Å². The smallest absolute Gasteiger partial charge is 0.0914 e. The first-order valence-electron chi connectivity index (χ1n) is 7.89. The fourth-order valence-electron chi connectivity index (χ4n) is 4.64. The molecule has 106 valence electrons. The van der Waals surface area contributed by atoms with Crippen LogP contribution < -0.4 is 5.32 Å². The summed E-state index contributed by atoms with van der Waals surface area (Å²) in [4.78, 5) is 0. The zero-order chi connectivity index (χ0) is 13.6. The van der Waals surface area contributed by atoms with Crippen molar-refractivity contribution < 1.29 is 5.11 Å². The van der Waals surface area contributed by atoms with Gasteiger partial charge in [-0.3, -0.25) is 0 Å². The van der Waals surface area contributed by atoms with E-state index in [0.717, 1.165) is 23.9 Å². The Morgan fingerprint density at radius 1 is 1.20 bits per heavy atom. The molecule has 0 aromatic heterocycles. The normalized spacial score (nSPS) is 35.4. The van der Waals surface area contributed by atoms with E-state index in [0.29, 0.717) is 12.0 Å². The van der Waals surface area contributed by atoms with Gasteiger partial charge in [-0.05, 0) is 48.5 Å². The summed E-state index contributed by atoms with van der Waals surface area (Å²) >= 11 is 0. The maximum absolute atomic E-state index is 10.2. The monoisotopic (exact) mass is 269 g/mol. The van der Waals surface area contributed by atoms with Crippen molar-refractivity contribution in [2.45, 2.75) is 31.8 Å². The lowest BCUT2D eigenvalue weighted by molar-refractivity contribution is 0.0354. The second-order valence-corrected chi connectivity index (χ2v) is 7.00. The average Bonchev–Trinajstić information content (AvgIpc) is 2.48. The molecule has 0 radical (unpaired) electrons. The number of hydrogen-bond donors (Lipinski definition) is 2. The van der Waals surface area contributed by atoms with Crippen molar-refractivity contribution in [3.8, 4) is 0 Å². The molecule has 0 saturated heterocycles. The molecule has 3 atom stereocenters. The standard InChI is InChI=1S/C18H23NO/c20-17(13-4-2-1-3-5-13)11-19-12-18-7-6-16-14(9-18)8-15(16)10-18/h1-6,14-15,17,19-20H,7-12H2/t14?,15?,17-,18?/m1/s1. The van der Waals surface area contributed by atoms with Crippen LogP contribution in [0.4, 0.5) is 0 Å². The average molecular weight is 269 g/mol. The lowest BCUT2D eigenvalue weighted by Crippen LogP contribution is -2.51. The van der Waals surface area contributed by atoms with Crippen LogP contribution in [-0.4, -0.2) is 18.2 Å². The summed E-state index contributed by atoms with van der Waals surface area (Å²) in [5.41, 5.74) is 3.28. The zero-order valence-corrected chi connectivity index (χ0v) is 11.9. The molecule has 2 nitrogen and oxygen atoms in total. The molecule has 2 unspecified atom stereocenters. The number of aliphatic hydroxyl groups excluding tert-OH is 1. The van der Waals surface area contributed by atoms with Crippen molar-refractivity contribution in [1.82, 2.24) is 5.32 Å². The lowest BCUT2D eigenvalue weighted by atomic mass is 9.48. The Bertz CT molecular complexity index is 507. The van der Waals surface area contributed by atoms with Gasteiger partial charge in [0.2, 0.25) is 0 Å². The molecule has 5 aliphatic carbocycles. The molecule has 0 heterocycles. The third-order valence-electron chi connectivity index (χ3n) is 5.66. The summed E-state index contributed by atoms with van der Waals surface area (Å²) in [6, 6.07) is 9.95. The highest BCUT2D eigenvalue weighted by molar-refractivity contribution is 5.30. The number of hydrogen-bond acceptors (Lipinski definition) is 2. The van der Waals surface area contributed by atoms with Gasteiger partial charge in [-0.15, -0.1) is 0 Å². The van der Waals surface area contributed by atoms with Crippen LogP contribution in [0.1, 0.15) is 37.4 Å². The van der Waals surface area contributed by atoms with Crippen LogP contribution in [0.5, 0.6) is 0 Å². The molecule has 1 aromatic carbocycles. The number of allylic oxidation sites excluding steroid dienone is 2. The van der Waals surface area contributed by atoms with Gasteiger partial charge in [-0.2, -0.15) is 0 Å². The van der Waals surface area contributed by atoms with E-state index in [9.17, 15) is 5.11 Å². The van der Waals surface area contributed by atoms with Gasteiger partial charge in [-0.1, -0.05) is 42.0 Å². The lowest BCUT2D eigenvalue weighted by Gasteiger charge is -2.58. The summed E-state index contributed by atoms with van der Waals surface area (Å²) in [6.45, 7) is 1.73. The largest absolute Gasteiger partial charge is 0.387 e. The van der Waals surface area contributed by atoms with Crippen molar-refractivity contribution in [2.75, 3.05) is 13.1 Å². The second-order valence-electron chi connectivity index (χ2n) is 7.00. The van der Waals surface area contributed by atoms with E-state index < -0.39 is 0 Å². The quantitative estimate of drug-likeness (QED) is 0.805. The molecular formula is C18H23NO. The Morgan fingerprint density at radius 3 is 2.65 bits per heavy atom. The third kappa shape index (κ3) is 2.02. The third-order valence-corrected chi connectivity index (χ3v) is 5.66. The molecule has 3 fully saturated rings. The molecule has 0 spiro atoms. The molecule has 2 heteroatoms. The molecule has 2 N–H and O–H groups in total. The molecule has 3 saturated carbocycles. The fourth-order valence-corrected chi connectivity index (χ4v) is 4.64. The molecule has 0 aliphatic heterocycles. The predicted octanol–water partition coefficient (Wildman–Crippen LogP) is 3.06. The summed E-state index contributed by atoms with van der Waals surface area (Å²) < 4.78 is 0. The van der Waals surface area contributed by atoms with Crippen LogP contribution in [0.3, 0.4) is 0 Å². The van der Waals surface area contributed by atoms with Crippen molar-refractivity contribution in [1.29, 1.82) is 0 Å². The number of nitrogens with one attached hydrogen (secondary N) is 1. The van der Waals surface area contributed by atoms with Crippen molar-refractivity contribution in [3.63, 3.8) is 0 Å². The second kappa shape index (κ2) is 4.71. The Kier molecular flexibility index (Phi) is 2.97. The van der Waals surface area contributed by atoms with Crippen molar-refractivity contribution in [3.05, 3.63) is 47.5 Å². The Balaban J connectivity index is 1.32. The summed E-state index contributed by atoms with van der Waals surface area (Å²) in [5.74, 6) is 1.81. The van der Waals surface area contributed by atoms with Gasteiger partial charge >= 0.3 is 0 Å². The number of rotatable bonds is 5. The van der Waals surface area contributed by atoms with Crippen LogP contribution >= 0.6 is 0 Å². The minimum atomic E-state index is -0.389. The van der Waals surface area contributed by atoms with E-state index in [1.165, 1.54) is 25.7 Å². The molecule has 0 amide bonds. The van der Waals surface area contributed by atoms with Crippen molar-refractivity contribution >= 4 is 0 Å². The first-order valence-corrected chi connectivity index (χ1v) is 7.89. The topological polar surface area (TPSA) is 32.3 Å². The van der Waals surface area contributed by atoms with Crippen LogP contribution in [0.15, 0.2) is 42.0 Å². The first-order chi connectivity index (χ1) is 9.76. The summed E-state index contributed by atoms with van der Waals surface area (Å²) in [6.07, 6.45) is 7.58. The maximum Gasteiger partial charge on any atom is 0.0914 e. The van der Waals surface area contributed by atoms with E-state index in [4.69, 9.17) is 0 Å². The zero-order valence-electron chi connectivity index (χ0n) is 11.9. The highest BCUT2D eigenvalue weighted by Crippen LogP contribution is 2.62. The van der Waals surface area contributed by atoms with Gasteiger partial charge in [0.25, 0.3) is 0 Å². The van der Waals surface area contributed by atoms with Crippen LogP contribution in [0, 0.1) is 17.3 Å². The number of benzene rings is 1. The van der Waals surface area contributed by atoms with E-state index in [1.807, 2.05) is 30.3 Å². The Morgan fingerprint density at radius 2 is 1.95 bits per heavy atom. The maximum atomic E-state index is 10.2. The Labute approximate surface area is 120 Å². The van der Waals surface area contributed by atoms with Crippen LogP contribution in [0.25, 0.3) is 0 Å². The molecule has 1 aromatic rings. The highest BCUT2D eigenvalue weighted by Gasteiger charge is 2.52. The molecule has 6 rings (SSSR count). The van der Waals surface area contributed by atoms with Gasteiger partial charge in [0.15, 0.2) is 0 Å². The molecule has 5 aliphatic rings. The Hall–Kier alpha value is -1.12. The van der Waals surface area contributed by atoms with E-state index in [2.05, 4.69) is 11.4 Å².